The molecule has 2 N–H and O–H groups in total. The number of phenols is 1. The lowest BCUT2D eigenvalue weighted by Crippen LogP contribution is -1.80. The molecular formula is C17H11ClN2O. The standard InChI is InChI=1S/C17H11ClN2O/c18-13-7-12(5-6-16(13)21)17-19-14-8-10-3-1-2-4-11(10)9-15(14)20-17/h1-9,21H,(H,19,20). The summed E-state index contributed by atoms with van der Waals surface area (Å²) in [5, 5.41) is 12.1. The number of hydrogen-bond acceptors (Lipinski definition) is 2. The van der Waals surface area contributed by atoms with Gasteiger partial charge in [-0.15, -0.1) is 0 Å². The highest BCUT2D eigenvalue weighted by atomic mass is 35.5. The van der Waals surface area contributed by atoms with E-state index in [1.54, 1.807) is 18.2 Å². The summed E-state index contributed by atoms with van der Waals surface area (Å²) in [4.78, 5) is 7.91. The molecule has 1 heterocycles. The van der Waals surface area contributed by atoms with E-state index in [0.717, 1.165) is 27.8 Å². The first kappa shape index (κ1) is 12.2. The van der Waals surface area contributed by atoms with Crippen LogP contribution in [0.3, 0.4) is 0 Å². The summed E-state index contributed by atoms with van der Waals surface area (Å²) >= 11 is 5.96. The number of halogens is 1. The summed E-state index contributed by atoms with van der Waals surface area (Å²) in [6.07, 6.45) is 0. The van der Waals surface area contributed by atoms with Gasteiger partial charge in [0.2, 0.25) is 0 Å². The number of rotatable bonds is 1. The first-order valence-corrected chi connectivity index (χ1v) is 6.96. The van der Waals surface area contributed by atoms with E-state index in [1.165, 1.54) is 5.39 Å². The molecule has 3 aromatic carbocycles. The zero-order chi connectivity index (χ0) is 14.4. The Balaban J connectivity index is 1.93. The lowest BCUT2D eigenvalue weighted by molar-refractivity contribution is 0.475. The fraction of sp³-hybridized carbons (Fsp3) is 0. The lowest BCUT2D eigenvalue weighted by Gasteiger charge is -1.99. The molecule has 3 nitrogen and oxygen atoms in total. The number of benzene rings is 3. The normalized spacial score (nSPS) is 11.3. The number of aromatic amines is 1. The number of imidazole rings is 1. The fourth-order valence-corrected chi connectivity index (χ4v) is 2.67. The molecule has 4 rings (SSSR count). The Hall–Kier alpha value is -2.52. The summed E-state index contributed by atoms with van der Waals surface area (Å²) in [5.74, 6) is 0.810. The fourth-order valence-electron chi connectivity index (χ4n) is 2.49. The van der Waals surface area contributed by atoms with E-state index in [9.17, 15) is 5.11 Å². The molecule has 0 atom stereocenters. The molecule has 0 unspecified atom stereocenters. The highest BCUT2D eigenvalue weighted by molar-refractivity contribution is 6.32. The number of nitrogens with one attached hydrogen (secondary N) is 1. The highest BCUT2D eigenvalue weighted by Gasteiger charge is 2.08. The van der Waals surface area contributed by atoms with Gasteiger partial charge >= 0.3 is 0 Å². The first-order chi connectivity index (χ1) is 10.2. The van der Waals surface area contributed by atoms with Crippen LogP contribution in [-0.2, 0) is 0 Å². The average molecular weight is 295 g/mol. The van der Waals surface area contributed by atoms with Crippen LogP contribution in [0.4, 0.5) is 0 Å². The minimum Gasteiger partial charge on any atom is -0.506 e. The molecule has 4 aromatic rings. The van der Waals surface area contributed by atoms with Crippen molar-refractivity contribution in [3.63, 3.8) is 0 Å². The van der Waals surface area contributed by atoms with Crippen molar-refractivity contribution in [2.24, 2.45) is 0 Å². The molecule has 0 spiro atoms. The van der Waals surface area contributed by atoms with Gasteiger partial charge in [0.1, 0.15) is 11.6 Å². The smallest absolute Gasteiger partial charge is 0.138 e. The average Bonchev–Trinajstić information content (AvgIpc) is 2.90. The van der Waals surface area contributed by atoms with Crippen LogP contribution in [0.5, 0.6) is 5.75 Å². The lowest BCUT2D eigenvalue weighted by atomic mass is 10.1. The molecule has 0 aliphatic carbocycles. The second-order valence-electron chi connectivity index (χ2n) is 4.97. The molecule has 0 bridgehead atoms. The van der Waals surface area contributed by atoms with Crippen LogP contribution >= 0.6 is 11.6 Å². The molecule has 0 amide bonds. The molecule has 0 saturated heterocycles. The number of aromatic hydroxyl groups is 1. The summed E-state index contributed by atoms with van der Waals surface area (Å²) in [7, 11) is 0. The number of hydrogen-bond donors (Lipinski definition) is 2. The Morgan fingerprint density at radius 1 is 0.952 bits per heavy atom. The van der Waals surface area contributed by atoms with E-state index in [-0.39, 0.29) is 5.75 Å². The molecule has 0 radical (unpaired) electrons. The van der Waals surface area contributed by atoms with Crippen LogP contribution in [0.2, 0.25) is 5.02 Å². The third-order valence-corrected chi connectivity index (χ3v) is 3.87. The maximum absolute atomic E-state index is 9.50. The van der Waals surface area contributed by atoms with Crippen molar-refractivity contribution < 1.29 is 5.11 Å². The predicted octanol–water partition coefficient (Wildman–Crippen LogP) is 4.74. The predicted molar refractivity (Wildman–Crippen MR) is 85.7 cm³/mol. The van der Waals surface area contributed by atoms with Crippen molar-refractivity contribution >= 4 is 33.4 Å². The highest BCUT2D eigenvalue weighted by Crippen LogP contribution is 2.30. The summed E-state index contributed by atoms with van der Waals surface area (Å²) in [6.45, 7) is 0. The van der Waals surface area contributed by atoms with E-state index >= 15 is 0 Å². The van der Waals surface area contributed by atoms with Gasteiger partial charge in [-0.05, 0) is 41.1 Å². The van der Waals surface area contributed by atoms with E-state index in [4.69, 9.17) is 11.6 Å². The number of phenolic OH excluding ortho intramolecular Hbond substituents is 1. The zero-order valence-electron chi connectivity index (χ0n) is 11.0. The van der Waals surface area contributed by atoms with Gasteiger partial charge in [0.05, 0.1) is 16.1 Å². The van der Waals surface area contributed by atoms with E-state index in [0.29, 0.717) is 5.02 Å². The van der Waals surface area contributed by atoms with Crippen LogP contribution in [0.1, 0.15) is 0 Å². The van der Waals surface area contributed by atoms with E-state index in [1.807, 2.05) is 12.1 Å². The van der Waals surface area contributed by atoms with Gasteiger partial charge in [-0.1, -0.05) is 35.9 Å². The van der Waals surface area contributed by atoms with Crippen LogP contribution in [0.25, 0.3) is 33.2 Å². The van der Waals surface area contributed by atoms with Gasteiger partial charge in [-0.3, -0.25) is 0 Å². The topological polar surface area (TPSA) is 48.9 Å². The van der Waals surface area contributed by atoms with Gasteiger partial charge in [-0.2, -0.15) is 0 Å². The quantitative estimate of drug-likeness (QED) is 0.532. The minimum atomic E-state index is 0.0715. The maximum atomic E-state index is 9.50. The molecule has 0 fully saturated rings. The zero-order valence-corrected chi connectivity index (χ0v) is 11.7. The summed E-state index contributed by atoms with van der Waals surface area (Å²) in [6, 6.07) is 17.4. The molecule has 0 saturated carbocycles. The van der Waals surface area contributed by atoms with Crippen molar-refractivity contribution in [3.05, 3.63) is 59.6 Å². The summed E-state index contributed by atoms with van der Waals surface area (Å²) < 4.78 is 0. The molecule has 0 aliphatic heterocycles. The number of H-pyrrole nitrogens is 1. The maximum Gasteiger partial charge on any atom is 0.138 e. The number of aromatic nitrogens is 2. The van der Waals surface area contributed by atoms with Gasteiger partial charge in [0.25, 0.3) is 0 Å². The Morgan fingerprint density at radius 2 is 1.71 bits per heavy atom. The van der Waals surface area contributed by atoms with Gasteiger partial charge in [0.15, 0.2) is 0 Å². The largest absolute Gasteiger partial charge is 0.506 e. The van der Waals surface area contributed by atoms with E-state index in [2.05, 4.69) is 34.2 Å². The SMILES string of the molecule is Oc1ccc(-c2nc3cc4ccccc4cc3[nH]2)cc1Cl. The number of fused-ring (bicyclic) bond motifs is 2. The van der Waals surface area contributed by atoms with Gasteiger partial charge in [-0.25, -0.2) is 4.98 Å². The summed E-state index contributed by atoms with van der Waals surface area (Å²) in [5.41, 5.74) is 2.74. The van der Waals surface area contributed by atoms with Crippen LogP contribution < -0.4 is 0 Å². The Labute approximate surface area is 125 Å². The van der Waals surface area contributed by atoms with Crippen LogP contribution in [0.15, 0.2) is 54.6 Å². The first-order valence-electron chi connectivity index (χ1n) is 6.58. The van der Waals surface area contributed by atoms with Crippen molar-refractivity contribution in [2.45, 2.75) is 0 Å². The molecule has 102 valence electrons. The molecule has 0 aliphatic rings. The number of nitrogens with zero attached hydrogens (tertiary/aromatic N) is 1. The van der Waals surface area contributed by atoms with Crippen molar-refractivity contribution in [3.8, 4) is 17.1 Å². The van der Waals surface area contributed by atoms with Crippen LogP contribution in [-0.4, -0.2) is 15.1 Å². The molecule has 1 aromatic heterocycles. The third-order valence-electron chi connectivity index (χ3n) is 3.57. The van der Waals surface area contributed by atoms with Crippen molar-refractivity contribution in [1.29, 1.82) is 0 Å². The Bertz CT molecular complexity index is 923. The Kier molecular flexibility index (Phi) is 2.62. The molecule has 4 heteroatoms. The van der Waals surface area contributed by atoms with Crippen LogP contribution in [0, 0.1) is 0 Å². The minimum absolute atomic E-state index is 0.0715. The second kappa shape index (κ2) is 4.50. The monoisotopic (exact) mass is 294 g/mol. The van der Waals surface area contributed by atoms with Gasteiger partial charge < -0.3 is 10.1 Å². The second-order valence-corrected chi connectivity index (χ2v) is 5.38. The third kappa shape index (κ3) is 2.03. The molecule has 21 heavy (non-hydrogen) atoms. The Morgan fingerprint density at radius 3 is 2.48 bits per heavy atom. The van der Waals surface area contributed by atoms with Crippen molar-refractivity contribution in [1.82, 2.24) is 9.97 Å². The molecular weight excluding hydrogens is 284 g/mol. The van der Waals surface area contributed by atoms with E-state index < -0.39 is 0 Å². The van der Waals surface area contributed by atoms with Gasteiger partial charge in [0, 0.05) is 5.56 Å². The van der Waals surface area contributed by atoms with Crippen molar-refractivity contribution in [2.75, 3.05) is 0 Å².